The summed E-state index contributed by atoms with van der Waals surface area (Å²) >= 11 is 3.27. The number of phenols is 1. The molecule has 2 rings (SSSR count). The minimum atomic E-state index is -5.00. The van der Waals surface area contributed by atoms with Crippen molar-refractivity contribution in [2.24, 2.45) is 0 Å². The van der Waals surface area contributed by atoms with E-state index in [2.05, 4.69) is 21.2 Å². The number of allylic oxidation sites excluding steroid dienone is 1. The van der Waals surface area contributed by atoms with Crippen LogP contribution in [0.1, 0.15) is 16.7 Å². The number of benzene rings is 2. The Hall–Kier alpha value is -2.28. The molecule has 0 amide bonds. The number of phenolic OH excluding ortho intramolecular Hbond substituents is 1. The number of Topliss-reactive ketones (excluding diaryl/α,β-unsaturated/α-hetero) is 1. The fourth-order valence-corrected chi connectivity index (χ4v) is 2.57. The topological polar surface area (TPSA) is 49.3 Å². The largest absolute Gasteiger partial charge is 0.508 e. The maximum absolute atomic E-state index is 12.9. The Morgan fingerprint density at radius 2 is 1.73 bits per heavy atom. The molecule has 2 aromatic carbocycles. The number of carbonyl (C=O) groups is 1. The Balaban J connectivity index is 2.35. The molecule has 0 saturated heterocycles. The molecule has 138 valence electrons. The van der Waals surface area contributed by atoms with Gasteiger partial charge in [0.25, 0.3) is 5.78 Å². The van der Waals surface area contributed by atoms with Gasteiger partial charge in [0.1, 0.15) is 5.75 Å². The molecule has 2 N–H and O–H groups in total. The number of alkyl halides is 3. The van der Waals surface area contributed by atoms with Crippen LogP contribution >= 0.6 is 15.9 Å². The van der Waals surface area contributed by atoms with Crippen molar-refractivity contribution >= 4 is 27.4 Å². The minimum Gasteiger partial charge on any atom is -0.508 e. The fourth-order valence-electron chi connectivity index (χ4n) is 2.30. The molecule has 0 aliphatic rings. The predicted octanol–water partition coefficient (Wildman–Crippen LogP) is 5.44. The Labute approximate surface area is 157 Å². The SMILES string of the molecule is Cc1cc(O)c(C/C(=C\Nc2ccc(Br)cc2)C(=O)C(F)(F)F)cc1C. The van der Waals surface area contributed by atoms with E-state index in [9.17, 15) is 23.1 Å². The smallest absolute Gasteiger partial charge is 0.454 e. The number of halogens is 4. The second kappa shape index (κ2) is 7.95. The molecule has 0 unspecified atom stereocenters. The molecule has 0 aromatic heterocycles. The zero-order valence-electron chi connectivity index (χ0n) is 14.1. The second-order valence-corrected chi connectivity index (χ2v) is 6.81. The number of hydrogen-bond donors (Lipinski definition) is 2. The molecule has 0 spiro atoms. The average Bonchev–Trinajstić information content (AvgIpc) is 2.56. The van der Waals surface area contributed by atoms with Gasteiger partial charge in [-0.2, -0.15) is 13.2 Å². The van der Waals surface area contributed by atoms with Gasteiger partial charge in [-0.3, -0.25) is 4.79 Å². The van der Waals surface area contributed by atoms with Crippen LogP contribution in [0.25, 0.3) is 0 Å². The highest BCUT2D eigenvalue weighted by molar-refractivity contribution is 9.10. The van der Waals surface area contributed by atoms with Crippen molar-refractivity contribution in [1.29, 1.82) is 0 Å². The van der Waals surface area contributed by atoms with Gasteiger partial charge in [0, 0.05) is 28.4 Å². The van der Waals surface area contributed by atoms with E-state index in [1.54, 1.807) is 44.2 Å². The van der Waals surface area contributed by atoms with Crippen molar-refractivity contribution in [3.8, 4) is 5.75 Å². The fraction of sp³-hybridized carbons (Fsp3) is 0.211. The lowest BCUT2D eigenvalue weighted by molar-refractivity contribution is -0.166. The number of aryl methyl sites for hydroxylation is 2. The number of nitrogens with one attached hydrogen (secondary N) is 1. The summed E-state index contributed by atoms with van der Waals surface area (Å²) in [5.74, 6) is -2.09. The van der Waals surface area contributed by atoms with Gasteiger partial charge in [-0.05, 0) is 60.9 Å². The molecule has 7 heteroatoms. The van der Waals surface area contributed by atoms with Crippen LogP contribution in [0.2, 0.25) is 0 Å². The molecule has 2 aromatic rings. The molecular formula is C19H17BrF3NO2. The summed E-state index contributed by atoms with van der Waals surface area (Å²) < 4.78 is 39.6. The van der Waals surface area contributed by atoms with Crippen LogP contribution in [-0.4, -0.2) is 17.1 Å². The van der Waals surface area contributed by atoms with Crippen molar-refractivity contribution in [1.82, 2.24) is 0 Å². The first kappa shape index (κ1) is 20.0. The van der Waals surface area contributed by atoms with Crippen LogP contribution < -0.4 is 5.32 Å². The van der Waals surface area contributed by atoms with E-state index in [1.165, 1.54) is 6.07 Å². The highest BCUT2D eigenvalue weighted by atomic mass is 79.9. The molecule has 0 radical (unpaired) electrons. The third-order valence-corrected chi connectivity index (χ3v) is 4.41. The first-order chi connectivity index (χ1) is 12.1. The molecule has 0 bridgehead atoms. The van der Waals surface area contributed by atoms with Crippen LogP contribution in [0.4, 0.5) is 18.9 Å². The zero-order chi connectivity index (χ0) is 19.5. The Morgan fingerprint density at radius 3 is 2.31 bits per heavy atom. The monoisotopic (exact) mass is 427 g/mol. The quantitative estimate of drug-likeness (QED) is 0.624. The average molecular weight is 428 g/mol. The van der Waals surface area contributed by atoms with E-state index >= 15 is 0 Å². The number of carbonyl (C=O) groups excluding carboxylic acids is 1. The minimum absolute atomic E-state index is 0.141. The number of anilines is 1. The maximum Gasteiger partial charge on any atom is 0.454 e. The maximum atomic E-state index is 12.9. The summed E-state index contributed by atoms with van der Waals surface area (Å²) in [5, 5.41) is 12.7. The molecule has 0 aliphatic carbocycles. The van der Waals surface area contributed by atoms with Crippen LogP contribution in [0, 0.1) is 13.8 Å². The Kier molecular flexibility index (Phi) is 6.13. The number of aromatic hydroxyl groups is 1. The number of hydrogen-bond acceptors (Lipinski definition) is 3. The van der Waals surface area contributed by atoms with E-state index in [4.69, 9.17) is 0 Å². The lowest BCUT2D eigenvalue weighted by Crippen LogP contribution is -2.26. The molecule has 0 atom stereocenters. The van der Waals surface area contributed by atoms with E-state index in [1.807, 2.05) is 0 Å². The molecule has 0 aliphatic heterocycles. The summed E-state index contributed by atoms with van der Waals surface area (Å²) in [5.41, 5.74) is 1.93. The van der Waals surface area contributed by atoms with Crippen LogP contribution in [0.5, 0.6) is 5.75 Å². The van der Waals surface area contributed by atoms with Gasteiger partial charge >= 0.3 is 6.18 Å². The number of rotatable bonds is 5. The van der Waals surface area contributed by atoms with Crippen molar-refractivity contribution in [2.45, 2.75) is 26.4 Å². The van der Waals surface area contributed by atoms with E-state index < -0.39 is 17.5 Å². The summed E-state index contributed by atoms with van der Waals surface area (Å²) in [6, 6.07) is 9.81. The highest BCUT2D eigenvalue weighted by Gasteiger charge is 2.40. The van der Waals surface area contributed by atoms with Gasteiger partial charge in [-0.1, -0.05) is 22.0 Å². The van der Waals surface area contributed by atoms with Crippen LogP contribution in [-0.2, 0) is 11.2 Å². The lowest BCUT2D eigenvalue weighted by atomic mass is 9.97. The number of ketones is 1. The lowest BCUT2D eigenvalue weighted by Gasteiger charge is -2.13. The second-order valence-electron chi connectivity index (χ2n) is 5.89. The Bertz CT molecular complexity index is 843. The van der Waals surface area contributed by atoms with Gasteiger partial charge in [0.2, 0.25) is 0 Å². The first-order valence-corrected chi connectivity index (χ1v) is 8.49. The summed E-state index contributed by atoms with van der Waals surface area (Å²) in [4.78, 5) is 11.8. The van der Waals surface area contributed by atoms with Crippen LogP contribution in [0.3, 0.4) is 0 Å². The predicted molar refractivity (Wildman–Crippen MR) is 98.2 cm³/mol. The van der Waals surface area contributed by atoms with Gasteiger partial charge < -0.3 is 10.4 Å². The summed E-state index contributed by atoms with van der Waals surface area (Å²) in [7, 11) is 0. The van der Waals surface area contributed by atoms with Crippen LogP contribution in [0.15, 0.2) is 52.6 Å². The normalized spacial score (nSPS) is 12.2. The van der Waals surface area contributed by atoms with Gasteiger partial charge in [0.05, 0.1) is 0 Å². The summed E-state index contributed by atoms with van der Waals surface area (Å²) in [6.07, 6.45) is -4.30. The van der Waals surface area contributed by atoms with Crippen molar-refractivity contribution in [2.75, 3.05) is 5.32 Å². The zero-order valence-corrected chi connectivity index (χ0v) is 15.7. The standard InChI is InChI=1S/C19H17BrF3NO2/c1-11-7-13(17(25)8-12(11)2)9-14(18(26)19(21,22)23)10-24-16-5-3-15(20)4-6-16/h3-8,10,24-25H,9H2,1-2H3/b14-10+. The van der Waals surface area contributed by atoms with Gasteiger partial charge in [-0.25, -0.2) is 0 Å². The van der Waals surface area contributed by atoms with Gasteiger partial charge in [0.15, 0.2) is 0 Å². The highest BCUT2D eigenvalue weighted by Crippen LogP contribution is 2.28. The molecule has 0 fully saturated rings. The molecule has 26 heavy (non-hydrogen) atoms. The van der Waals surface area contributed by atoms with E-state index in [-0.39, 0.29) is 17.7 Å². The van der Waals surface area contributed by atoms with Crippen molar-refractivity contribution in [3.63, 3.8) is 0 Å². The molecular weight excluding hydrogens is 411 g/mol. The van der Waals surface area contributed by atoms with Crippen molar-refractivity contribution in [3.05, 3.63) is 69.3 Å². The van der Waals surface area contributed by atoms with E-state index in [0.717, 1.165) is 21.8 Å². The third-order valence-electron chi connectivity index (χ3n) is 3.88. The third kappa shape index (κ3) is 5.11. The molecule has 3 nitrogen and oxygen atoms in total. The van der Waals surface area contributed by atoms with E-state index in [0.29, 0.717) is 5.69 Å². The molecule has 0 heterocycles. The summed E-state index contributed by atoms with van der Waals surface area (Å²) in [6.45, 7) is 3.57. The van der Waals surface area contributed by atoms with Crippen molar-refractivity contribution < 1.29 is 23.1 Å². The van der Waals surface area contributed by atoms with Gasteiger partial charge in [-0.15, -0.1) is 0 Å². The molecule has 0 saturated carbocycles. The first-order valence-electron chi connectivity index (χ1n) is 7.69. The Morgan fingerprint density at radius 1 is 1.15 bits per heavy atom.